The molecule has 0 saturated heterocycles. The zero-order valence-electron chi connectivity index (χ0n) is 10.7. The van der Waals surface area contributed by atoms with Crippen molar-refractivity contribution in [2.45, 2.75) is 0 Å². The van der Waals surface area contributed by atoms with E-state index in [9.17, 15) is 5.11 Å². The van der Waals surface area contributed by atoms with E-state index in [-0.39, 0.29) is 11.6 Å². The molecular formula is C14H13N3O2. The van der Waals surface area contributed by atoms with Crippen LogP contribution in [0.4, 0.5) is 5.88 Å². The van der Waals surface area contributed by atoms with Crippen LogP contribution in [0.15, 0.2) is 41.0 Å². The molecule has 2 aromatic rings. The quantitative estimate of drug-likeness (QED) is 0.853. The van der Waals surface area contributed by atoms with Crippen LogP contribution in [0.5, 0.6) is 0 Å². The van der Waals surface area contributed by atoms with Gasteiger partial charge in [-0.15, -0.1) is 0 Å². The largest absolute Gasteiger partial charge is 0.515 e. The third kappa shape index (κ3) is 2.43. The van der Waals surface area contributed by atoms with E-state index in [1.165, 1.54) is 0 Å². The lowest BCUT2D eigenvalue weighted by atomic mass is 10.1. The summed E-state index contributed by atoms with van der Waals surface area (Å²) in [4.78, 5) is 5.76. The summed E-state index contributed by atoms with van der Waals surface area (Å²) in [5.41, 5.74) is 1.39. The number of aromatic nitrogens is 1. The predicted molar refractivity (Wildman–Crippen MR) is 71.7 cm³/mol. The van der Waals surface area contributed by atoms with Crippen molar-refractivity contribution in [3.05, 3.63) is 53.7 Å². The molecule has 1 aromatic heterocycles. The van der Waals surface area contributed by atoms with Gasteiger partial charge in [-0.1, -0.05) is 30.3 Å². The van der Waals surface area contributed by atoms with E-state index in [2.05, 4.69) is 4.98 Å². The normalized spacial score (nSPS) is 11.1. The minimum absolute atomic E-state index is 0.190. The molecular weight excluding hydrogens is 242 g/mol. The van der Waals surface area contributed by atoms with E-state index >= 15 is 0 Å². The summed E-state index contributed by atoms with van der Waals surface area (Å²) < 4.78 is 5.54. The average molecular weight is 255 g/mol. The molecule has 19 heavy (non-hydrogen) atoms. The molecule has 0 aliphatic rings. The smallest absolute Gasteiger partial charge is 0.234 e. The highest BCUT2D eigenvalue weighted by atomic mass is 16.4. The fourth-order valence-corrected chi connectivity index (χ4v) is 1.67. The molecule has 0 amide bonds. The minimum Gasteiger partial charge on any atom is -0.515 e. The summed E-state index contributed by atoms with van der Waals surface area (Å²) in [5.74, 6) is 0.585. The number of nitriles is 1. The van der Waals surface area contributed by atoms with E-state index < -0.39 is 0 Å². The highest BCUT2D eigenvalue weighted by Gasteiger charge is 2.18. The number of hydrogen-bond acceptors (Lipinski definition) is 5. The first-order valence-electron chi connectivity index (χ1n) is 5.65. The molecule has 5 heteroatoms. The Balaban J connectivity index is 2.50. The summed E-state index contributed by atoms with van der Waals surface area (Å²) in [5, 5.41) is 18.4. The van der Waals surface area contributed by atoms with E-state index in [0.717, 1.165) is 11.8 Å². The fourth-order valence-electron chi connectivity index (χ4n) is 1.67. The van der Waals surface area contributed by atoms with Crippen LogP contribution in [0, 0.1) is 11.3 Å². The lowest BCUT2D eigenvalue weighted by Gasteiger charge is -2.06. The molecule has 96 valence electrons. The minimum atomic E-state index is 0.190. The Morgan fingerprint density at radius 1 is 1.37 bits per heavy atom. The van der Waals surface area contributed by atoms with Gasteiger partial charge in [-0.25, -0.2) is 0 Å². The summed E-state index contributed by atoms with van der Waals surface area (Å²) in [6.07, 6.45) is 0.932. The summed E-state index contributed by atoms with van der Waals surface area (Å²) >= 11 is 0. The summed E-state index contributed by atoms with van der Waals surface area (Å²) in [6.45, 7) is 0. The van der Waals surface area contributed by atoms with Gasteiger partial charge in [0.1, 0.15) is 6.07 Å². The summed E-state index contributed by atoms with van der Waals surface area (Å²) in [6, 6.07) is 11.2. The topological polar surface area (TPSA) is 73.3 Å². The van der Waals surface area contributed by atoms with Crippen molar-refractivity contribution in [3.8, 4) is 6.07 Å². The Morgan fingerprint density at radius 3 is 2.53 bits per heavy atom. The Bertz CT molecular complexity index is 636. The molecule has 0 aliphatic heterocycles. The number of rotatable bonds is 3. The first-order valence-corrected chi connectivity index (χ1v) is 5.65. The SMILES string of the molecule is CN(C)c1oc(C(=CO)c2ccccc2)nc1C#N. The first kappa shape index (κ1) is 12.7. The van der Waals surface area contributed by atoms with Crippen LogP contribution < -0.4 is 4.90 Å². The molecule has 1 aromatic carbocycles. The highest BCUT2D eigenvalue weighted by Crippen LogP contribution is 2.27. The van der Waals surface area contributed by atoms with Gasteiger partial charge in [0, 0.05) is 14.1 Å². The third-order valence-corrected chi connectivity index (χ3v) is 2.57. The molecule has 0 saturated carbocycles. The molecule has 0 unspecified atom stereocenters. The molecule has 0 radical (unpaired) electrons. The zero-order chi connectivity index (χ0) is 13.8. The number of aliphatic hydroxyl groups is 1. The van der Waals surface area contributed by atoms with Gasteiger partial charge in [0.2, 0.25) is 17.5 Å². The number of oxazole rings is 1. The van der Waals surface area contributed by atoms with Crippen LogP contribution in [0.2, 0.25) is 0 Å². The van der Waals surface area contributed by atoms with Crippen LogP contribution in [0.25, 0.3) is 5.57 Å². The van der Waals surface area contributed by atoms with Crippen LogP contribution in [0.3, 0.4) is 0 Å². The first-order chi connectivity index (χ1) is 9.17. The Labute approximate surface area is 111 Å². The van der Waals surface area contributed by atoms with Crippen LogP contribution in [0.1, 0.15) is 17.1 Å². The van der Waals surface area contributed by atoms with Crippen molar-refractivity contribution in [1.29, 1.82) is 5.26 Å². The summed E-state index contributed by atoms with van der Waals surface area (Å²) in [7, 11) is 3.52. The maximum Gasteiger partial charge on any atom is 0.234 e. The van der Waals surface area contributed by atoms with E-state index in [4.69, 9.17) is 9.68 Å². The van der Waals surface area contributed by atoms with Gasteiger partial charge in [-0.2, -0.15) is 10.2 Å². The van der Waals surface area contributed by atoms with E-state index in [0.29, 0.717) is 11.5 Å². The maximum absolute atomic E-state index is 9.39. The lowest BCUT2D eigenvalue weighted by molar-refractivity contribution is 0.471. The molecule has 0 atom stereocenters. The monoisotopic (exact) mass is 255 g/mol. The second-order valence-electron chi connectivity index (χ2n) is 4.09. The van der Waals surface area contributed by atoms with Gasteiger partial charge in [-0.3, -0.25) is 0 Å². The predicted octanol–water partition coefficient (Wildman–Crippen LogP) is 2.56. The van der Waals surface area contributed by atoms with Gasteiger partial charge in [0.15, 0.2) is 0 Å². The molecule has 5 nitrogen and oxygen atoms in total. The van der Waals surface area contributed by atoms with Gasteiger partial charge in [0.05, 0.1) is 11.8 Å². The van der Waals surface area contributed by atoms with Gasteiger partial charge < -0.3 is 14.4 Å². The van der Waals surface area contributed by atoms with E-state index in [1.54, 1.807) is 19.0 Å². The average Bonchev–Trinajstić information content (AvgIpc) is 2.85. The standard InChI is InChI=1S/C14H13N3O2/c1-17(2)14-12(8-15)16-13(19-14)11(9-18)10-6-4-3-5-7-10/h3-7,9,18H,1-2H3. The van der Waals surface area contributed by atoms with Crippen molar-refractivity contribution in [1.82, 2.24) is 4.98 Å². The van der Waals surface area contributed by atoms with Crippen molar-refractivity contribution >= 4 is 11.5 Å². The highest BCUT2D eigenvalue weighted by molar-refractivity contribution is 5.75. The Hall–Kier alpha value is -2.74. The number of benzene rings is 1. The van der Waals surface area contributed by atoms with Crippen molar-refractivity contribution in [3.63, 3.8) is 0 Å². The number of anilines is 1. The molecule has 0 aliphatic carbocycles. The molecule has 0 spiro atoms. The van der Waals surface area contributed by atoms with Crippen molar-refractivity contribution in [2.24, 2.45) is 0 Å². The Morgan fingerprint density at radius 2 is 2.05 bits per heavy atom. The van der Waals surface area contributed by atoms with Crippen molar-refractivity contribution < 1.29 is 9.52 Å². The van der Waals surface area contributed by atoms with Crippen LogP contribution >= 0.6 is 0 Å². The van der Waals surface area contributed by atoms with Crippen LogP contribution in [-0.2, 0) is 0 Å². The van der Waals surface area contributed by atoms with Gasteiger partial charge in [0.25, 0.3) is 0 Å². The van der Waals surface area contributed by atoms with Crippen molar-refractivity contribution in [2.75, 3.05) is 19.0 Å². The lowest BCUT2D eigenvalue weighted by Crippen LogP contribution is -2.08. The second-order valence-corrected chi connectivity index (χ2v) is 4.09. The third-order valence-electron chi connectivity index (χ3n) is 2.57. The maximum atomic E-state index is 9.39. The molecule has 1 heterocycles. The molecule has 1 N–H and O–H groups in total. The van der Waals surface area contributed by atoms with E-state index in [1.807, 2.05) is 36.4 Å². The van der Waals surface area contributed by atoms with Gasteiger partial charge in [-0.05, 0) is 5.56 Å². The molecule has 0 fully saturated rings. The number of hydrogen-bond donors (Lipinski definition) is 1. The fraction of sp³-hybridized carbons (Fsp3) is 0.143. The molecule has 0 bridgehead atoms. The van der Waals surface area contributed by atoms with Crippen LogP contribution in [-0.4, -0.2) is 24.2 Å². The second kappa shape index (κ2) is 5.27. The number of aliphatic hydroxyl groups excluding tert-OH is 1. The zero-order valence-corrected chi connectivity index (χ0v) is 10.7. The molecule has 2 rings (SSSR count). The number of nitrogens with zero attached hydrogens (tertiary/aromatic N) is 3. The Kier molecular flexibility index (Phi) is 3.53. The van der Waals surface area contributed by atoms with Gasteiger partial charge >= 0.3 is 0 Å².